The summed E-state index contributed by atoms with van der Waals surface area (Å²) in [6.45, 7) is 2.96. The molecule has 1 aliphatic rings. The summed E-state index contributed by atoms with van der Waals surface area (Å²) >= 11 is 0. The van der Waals surface area contributed by atoms with Gasteiger partial charge in [0.1, 0.15) is 5.52 Å². The van der Waals surface area contributed by atoms with Crippen molar-refractivity contribution in [3.8, 4) is 0 Å². The fraction of sp³-hybridized carbons (Fsp3) is 0.368. The molecule has 1 aromatic carbocycles. The monoisotopic (exact) mass is 445 g/mol. The maximum atomic E-state index is 13.2. The molecule has 1 amide bonds. The fourth-order valence-corrected chi connectivity index (χ4v) is 4.42. The minimum absolute atomic E-state index is 0.0660. The molecule has 3 heterocycles. The van der Waals surface area contributed by atoms with E-state index in [9.17, 15) is 18.0 Å². The van der Waals surface area contributed by atoms with E-state index in [1.165, 1.54) is 9.47 Å². The van der Waals surface area contributed by atoms with Gasteiger partial charge in [0.05, 0.1) is 12.3 Å². The number of hydrogen-bond acceptors (Lipinski definition) is 7. The highest BCUT2D eigenvalue weighted by molar-refractivity contribution is 7.92. The Bertz CT molecular complexity index is 1290. The molecule has 0 radical (unpaired) electrons. The van der Waals surface area contributed by atoms with Crippen LogP contribution in [-0.2, 0) is 16.6 Å². The second-order valence-electron chi connectivity index (χ2n) is 7.34. The third kappa shape index (κ3) is 3.98. The standard InChI is InChI=1S/C19H23N7O4S/c1-2-11-31(29,30)23-17-21-15(20)14-16(22-17)25(12-13-7-4-3-5-8-13)19(28)26(14)18(27)24-9-6-10-24/h3-5,7-8H,2,6,9-12H2,1H3,(H3,20,21,22,23). The van der Waals surface area contributed by atoms with E-state index in [1.807, 2.05) is 30.3 Å². The van der Waals surface area contributed by atoms with Gasteiger partial charge in [0.25, 0.3) is 0 Å². The lowest BCUT2D eigenvalue weighted by molar-refractivity contribution is 0.169. The van der Waals surface area contributed by atoms with E-state index in [-0.39, 0.29) is 35.2 Å². The molecule has 1 aliphatic heterocycles. The van der Waals surface area contributed by atoms with Gasteiger partial charge in [-0.3, -0.25) is 9.29 Å². The zero-order valence-electron chi connectivity index (χ0n) is 17.0. The smallest absolute Gasteiger partial charge is 0.339 e. The largest absolute Gasteiger partial charge is 0.382 e. The summed E-state index contributed by atoms with van der Waals surface area (Å²) < 4.78 is 28.9. The van der Waals surface area contributed by atoms with Crippen molar-refractivity contribution in [2.24, 2.45) is 0 Å². The van der Waals surface area contributed by atoms with Crippen LogP contribution in [-0.4, -0.2) is 57.3 Å². The zero-order chi connectivity index (χ0) is 22.2. The lowest BCUT2D eigenvalue weighted by atomic mass is 10.2. The van der Waals surface area contributed by atoms with Crippen molar-refractivity contribution in [1.29, 1.82) is 0 Å². The van der Waals surface area contributed by atoms with E-state index in [0.717, 1.165) is 16.6 Å². The van der Waals surface area contributed by atoms with Crippen LogP contribution >= 0.6 is 0 Å². The maximum absolute atomic E-state index is 13.2. The Hall–Kier alpha value is -3.41. The molecule has 2 aromatic heterocycles. The normalized spacial score (nSPS) is 13.9. The van der Waals surface area contributed by atoms with Crippen LogP contribution in [0.1, 0.15) is 25.3 Å². The van der Waals surface area contributed by atoms with Gasteiger partial charge in [0, 0.05) is 13.1 Å². The topological polar surface area (TPSA) is 145 Å². The first-order valence-electron chi connectivity index (χ1n) is 9.93. The lowest BCUT2D eigenvalue weighted by Crippen LogP contribution is -2.47. The number of sulfonamides is 1. The number of hydrogen-bond donors (Lipinski definition) is 2. The third-order valence-electron chi connectivity index (χ3n) is 5.02. The van der Waals surface area contributed by atoms with Gasteiger partial charge in [0.2, 0.25) is 16.0 Å². The van der Waals surface area contributed by atoms with Crippen LogP contribution in [0.4, 0.5) is 16.6 Å². The molecule has 1 saturated heterocycles. The van der Waals surface area contributed by atoms with E-state index in [1.54, 1.807) is 6.92 Å². The van der Waals surface area contributed by atoms with Gasteiger partial charge in [-0.15, -0.1) is 0 Å². The zero-order valence-corrected chi connectivity index (χ0v) is 17.8. The van der Waals surface area contributed by atoms with Crippen LogP contribution in [0, 0.1) is 0 Å². The number of rotatable bonds is 6. The first-order valence-corrected chi connectivity index (χ1v) is 11.6. The summed E-state index contributed by atoms with van der Waals surface area (Å²) in [5.74, 6) is -0.509. The number of aromatic nitrogens is 4. The number of anilines is 2. The van der Waals surface area contributed by atoms with E-state index in [0.29, 0.717) is 19.5 Å². The number of nitrogens with one attached hydrogen (secondary N) is 1. The highest BCUT2D eigenvalue weighted by Crippen LogP contribution is 2.22. The molecule has 0 spiro atoms. The number of nitrogens with zero attached hydrogens (tertiary/aromatic N) is 5. The minimum atomic E-state index is -3.67. The first-order chi connectivity index (χ1) is 14.8. The molecular formula is C19H23N7O4S. The number of imidazole rings is 1. The van der Waals surface area contributed by atoms with Crippen LogP contribution in [0.15, 0.2) is 35.1 Å². The Balaban J connectivity index is 1.89. The Morgan fingerprint density at radius 2 is 1.90 bits per heavy atom. The number of carbonyl (C=O) groups excluding carboxylic acids is 1. The van der Waals surface area contributed by atoms with E-state index < -0.39 is 21.7 Å². The SMILES string of the molecule is CCCS(=O)(=O)Nc1nc(N)c2c(n1)n(Cc1ccccc1)c(=O)n2C(=O)N1CCC1. The molecule has 164 valence electrons. The Kier molecular flexibility index (Phi) is 5.39. The van der Waals surface area contributed by atoms with Gasteiger partial charge in [-0.1, -0.05) is 37.3 Å². The van der Waals surface area contributed by atoms with Gasteiger partial charge in [-0.2, -0.15) is 9.97 Å². The van der Waals surface area contributed by atoms with Crippen LogP contribution in [0.2, 0.25) is 0 Å². The highest BCUT2D eigenvalue weighted by atomic mass is 32.2. The molecule has 0 saturated carbocycles. The van der Waals surface area contributed by atoms with Crippen LogP contribution in [0.25, 0.3) is 11.2 Å². The van der Waals surface area contributed by atoms with Crippen LogP contribution < -0.4 is 16.1 Å². The Morgan fingerprint density at radius 1 is 1.19 bits per heavy atom. The molecule has 0 atom stereocenters. The predicted molar refractivity (Wildman–Crippen MR) is 116 cm³/mol. The van der Waals surface area contributed by atoms with Crippen LogP contribution in [0.5, 0.6) is 0 Å². The molecule has 1 fully saturated rings. The van der Waals surface area contributed by atoms with Gasteiger partial charge in [0.15, 0.2) is 11.5 Å². The summed E-state index contributed by atoms with van der Waals surface area (Å²) in [6.07, 6.45) is 1.27. The van der Waals surface area contributed by atoms with E-state index in [2.05, 4.69) is 14.7 Å². The minimum Gasteiger partial charge on any atom is -0.382 e. The van der Waals surface area contributed by atoms with Gasteiger partial charge in [-0.05, 0) is 18.4 Å². The maximum Gasteiger partial charge on any atom is 0.339 e. The molecule has 11 nitrogen and oxygen atoms in total. The average molecular weight is 446 g/mol. The molecule has 31 heavy (non-hydrogen) atoms. The van der Waals surface area contributed by atoms with Crippen molar-refractivity contribution < 1.29 is 13.2 Å². The summed E-state index contributed by atoms with van der Waals surface area (Å²) in [4.78, 5) is 36.0. The molecule has 3 N–H and O–H groups in total. The van der Waals surface area contributed by atoms with E-state index in [4.69, 9.17) is 5.73 Å². The molecule has 4 rings (SSSR count). The van der Waals surface area contributed by atoms with Crippen molar-refractivity contribution in [1.82, 2.24) is 24.0 Å². The van der Waals surface area contributed by atoms with E-state index >= 15 is 0 Å². The number of carbonyl (C=O) groups is 1. The first kappa shape index (κ1) is 20.8. The number of nitrogens with two attached hydrogens (primary N) is 1. The molecular weight excluding hydrogens is 422 g/mol. The average Bonchev–Trinajstić information content (AvgIpc) is 2.93. The van der Waals surface area contributed by atoms with Gasteiger partial charge in [-0.25, -0.2) is 22.6 Å². The molecule has 0 bridgehead atoms. The summed E-state index contributed by atoms with van der Waals surface area (Å²) in [5.41, 5.74) is 6.45. The second-order valence-corrected chi connectivity index (χ2v) is 9.18. The van der Waals surface area contributed by atoms with Crippen molar-refractivity contribution in [2.75, 3.05) is 29.3 Å². The number of likely N-dealkylation sites (tertiary alicyclic amines) is 1. The summed E-state index contributed by atoms with van der Waals surface area (Å²) in [5, 5.41) is 0. The van der Waals surface area contributed by atoms with Gasteiger partial charge < -0.3 is 10.6 Å². The second kappa shape index (κ2) is 8.02. The van der Waals surface area contributed by atoms with Crippen molar-refractivity contribution >= 4 is 39.0 Å². The number of benzene rings is 1. The predicted octanol–water partition coefficient (Wildman–Crippen LogP) is 1.05. The van der Waals surface area contributed by atoms with Crippen molar-refractivity contribution in [2.45, 2.75) is 26.3 Å². The number of nitrogen functional groups attached to an aromatic ring is 1. The fourth-order valence-electron chi connectivity index (χ4n) is 3.41. The van der Waals surface area contributed by atoms with Crippen LogP contribution in [0.3, 0.4) is 0 Å². The number of amides is 1. The lowest BCUT2D eigenvalue weighted by Gasteiger charge is -2.30. The molecule has 0 aliphatic carbocycles. The molecule has 3 aromatic rings. The van der Waals surface area contributed by atoms with Gasteiger partial charge >= 0.3 is 11.7 Å². The van der Waals surface area contributed by atoms with Crippen molar-refractivity contribution in [3.05, 3.63) is 46.4 Å². The molecule has 12 heteroatoms. The summed E-state index contributed by atoms with van der Waals surface area (Å²) in [6, 6.07) is 8.69. The Labute approximate surface area is 178 Å². The third-order valence-corrected chi connectivity index (χ3v) is 6.45. The summed E-state index contributed by atoms with van der Waals surface area (Å²) in [7, 11) is -3.67. The van der Waals surface area contributed by atoms with Crippen molar-refractivity contribution in [3.63, 3.8) is 0 Å². The molecule has 0 unspecified atom stereocenters. The Morgan fingerprint density at radius 3 is 2.52 bits per heavy atom. The number of fused-ring (bicyclic) bond motifs is 1. The highest BCUT2D eigenvalue weighted by Gasteiger charge is 2.29. The quantitative estimate of drug-likeness (QED) is 0.577.